The van der Waals surface area contributed by atoms with E-state index in [-0.39, 0.29) is 0 Å². The molecular formula is C11H23N5O. The fourth-order valence-electron chi connectivity index (χ4n) is 2.13. The molecule has 0 spiro atoms. The van der Waals surface area contributed by atoms with Crippen LogP contribution in [0.1, 0.15) is 20.3 Å². The summed E-state index contributed by atoms with van der Waals surface area (Å²) in [5.74, 6) is 0. The lowest BCUT2D eigenvalue weighted by atomic mass is 10.1. The van der Waals surface area contributed by atoms with Gasteiger partial charge in [-0.1, -0.05) is 5.11 Å². The summed E-state index contributed by atoms with van der Waals surface area (Å²) in [4.78, 5) is 7.42. The molecule has 0 bridgehead atoms. The van der Waals surface area contributed by atoms with Gasteiger partial charge in [-0.3, -0.25) is 4.90 Å². The SMILES string of the molecule is CC(C)(O)CN1CCN(CCCN=[N+]=[N-])CC1. The molecule has 0 saturated carbocycles. The molecule has 0 amide bonds. The zero-order valence-corrected chi connectivity index (χ0v) is 10.8. The number of nitrogens with zero attached hydrogens (tertiary/aromatic N) is 5. The Balaban J connectivity index is 2.15. The van der Waals surface area contributed by atoms with Crippen molar-refractivity contribution in [2.75, 3.05) is 45.8 Å². The summed E-state index contributed by atoms with van der Waals surface area (Å²) in [6, 6.07) is 0. The van der Waals surface area contributed by atoms with Crippen molar-refractivity contribution in [2.24, 2.45) is 5.11 Å². The Morgan fingerprint density at radius 2 is 1.82 bits per heavy atom. The van der Waals surface area contributed by atoms with E-state index in [1.54, 1.807) is 0 Å². The maximum atomic E-state index is 9.73. The monoisotopic (exact) mass is 241 g/mol. The maximum Gasteiger partial charge on any atom is 0.0718 e. The van der Waals surface area contributed by atoms with Gasteiger partial charge in [-0.05, 0) is 32.3 Å². The van der Waals surface area contributed by atoms with Gasteiger partial charge in [-0.2, -0.15) is 0 Å². The zero-order chi connectivity index (χ0) is 12.7. The average molecular weight is 241 g/mol. The van der Waals surface area contributed by atoms with Crippen molar-refractivity contribution >= 4 is 0 Å². The van der Waals surface area contributed by atoms with Gasteiger partial charge >= 0.3 is 0 Å². The molecule has 98 valence electrons. The van der Waals surface area contributed by atoms with Crippen molar-refractivity contribution in [3.05, 3.63) is 10.4 Å². The summed E-state index contributed by atoms with van der Waals surface area (Å²) in [6.45, 7) is 10.1. The maximum absolute atomic E-state index is 9.73. The van der Waals surface area contributed by atoms with Crippen LogP contribution in [0.5, 0.6) is 0 Å². The highest BCUT2D eigenvalue weighted by atomic mass is 16.3. The Morgan fingerprint density at radius 1 is 1.24 bits per heavy atom. The second-order valence-electron chi connectivity index (χ2n) is 5.24. The number of aliphatic hydroxyl groups is 1. The van der Waals surface area contributed by atoms with Crippen molar-refractivity contribution in [3.8, 4) is 0 Å². The smallest absolute Gasteiger partial charge is 0.0718 e. The number of hydrogen-bond donors (Lipinski definition) is 1. The zero-order valence-electron chi connectivity index (χ0n) is 10.8. The van der Waals surface area contributed by atoms with Crippen LogP contribution in [0, 0.1) is 0 Å². The third kappa shape index (κ3) is 6.48. The minimum absolute atomic E-state index is 0.584. The molecular weight excluding hydrogens is 218 g/mol. The number of azide groups is 1. The van der Waals surface area contributed by atoms with Crippen LogP contribution < -0.4 is 0 Å². The lowest BCUT2D eigenvalue weighted by molar-refractivity contribution is 0.0178. The van der Waals surface area contributed by atoms with Crippen molar-refractivity contribution in [1.29, 1.82) is 0 Å². The number of piperazine rings is 1. The molecule has 1 aliphatic heterocycles. The van der Waals surface area contributed by atoms with E-state index >= 15 is 0 Å². The fraction of sp³-hybridized carbons (Fsp3) is 1.00. The van der Waals surface area contributed by atoms with Crippen LogP contribution in [0.3, 0.4) is 0 Å². The van der Waals surface area contributed by atoms with Crippen molar-refractivity contribution < 1.29 is 5.11 Å². The molecule has 1 aliphatic rings. The second kappa shape index (κ2) is 6.81. The molecule has 1 saturated heterocycles. The van der Waals surface area contributed by atoms with E-state index in [2.05, 4.69) is 19.8 Å². The molecule has 1 heterocycles. The standard InChI is InChI=1S/C11H23N5O/c1-11(2,17)10-16-8-6-15(7-9-16)5-3-4-13-14-12/h17H,3-10H2,1-2H3. The van der Waals surface area contributed by atoms with E-state index in [0.29, 0.717) is 6.54 Å². The lowest BCUT2D eigenvalue weighted by Gasteiger charge is -2.37. The van der Waals surface area contributed by atoms with Crippen LogP contribution in [-0.2, 0) is 0 Å². The van der Waals surface area contributed by atoms with Gasteiger partial charge < -0.3 is 10.0 Å². The summed E-state index contributed by atoms with van der Waals surface area (Å²) < 4.78 is 0. The first-order chi connectivity index (χ1) is 8.01. The van der Waals surface area contributed by atoms with Gasteiger partial charge in [0.15, 0.2) is 0 Å². The largest absolute Gasteiger partial charge is 0.389 e. The molecule has 1 N–H and O–H groups in total. The highest BCUT2D eigenvalue weighted by Gasteiger charge is 2.22. The van der Waals surface area contributed by atoms with Crippen LogP contribution in [0.25, 0.3) is 10.4 Å². The summed E-state index contributed by atoms with van der Waals surface area (Å²) in [7, 11) is 0. The molecule has 6 heteroatoms. The number of rotatable bonds is 6. The predicted octanol–water partition coefficient (Wildman–Crippen LogP) is 1.08. The van der Waals surface area contributed by atoms with Gasteiger partial charge in [0.2, 0.25) is 0 Å². The molecule has 0 aromatic heterocycles. The molecule has 0 aromatic carbocycles. The first-order valence-corrected chi connectivity index (χ1v) is 6.19. The minimum atomic E-state index is -0.607. The highest BCUT2D eigenvalue weighted by Crippen LogP contribution is 2.08. The molecule has 6 nitrogen and oxygen atoms in total. The quantitative estimate of drug-likeness (QED) is 0.327. The summed E-state index contributed by atoms with van der Waals surface area (Å²) in [5.41, 5.74) is 7.55. The van der Waals surface area contributed by atoms with E-state index in [4.69, 9.17) is 5.53 Å². The molecule has 17 heavy (non-hydrogen) atoms. The van der Waals surface area contributed by atoms with E-state index in [1.807, 2.05) is 13.8 Å². The number of hydrogen-bond acceptors (Lipinski definition) is 4. The van der Waals surface area contributed by atoms with E-state index in [1.165, 1.54) is 0 Å². The Morgan fingerprint density at radius 3 is 2.35 bits per heavy atom. The highest BCUT2D eigenvalue weighted by molar-refractivity contribution is 4.77. The Bertz CT molecular complexity index is 262. The molecule has 1 fully saturated rings. The van der Waals surface area contributed by atoms with Gasteiger partial charge in [-0.25, -0.2) is 0 Å². The van der Waals surface area contributed by atoms with Gasteiger partial charge in [0, 0.05) is 44.2 Å². The average Bonchev–Trinajstić information content (AvgIpc) is 2.25. The fourth-order valence-corrected chi connectivity index (χ4v) is 2.13. The van der Waals surface area contributed by atoms with Gasteiger partial charge in [0.1, 0.15) is 0 Å². The lowest BCUT2D eigenvalue weighted by Crippen LogP contribution is -2.50. The molecule has 1 rings (SSSR count). The summed E-state index contributed by atoms with van der Waals surface area (Å²) in [6.07, 6.45) is 0.926. The van der Waals surface area contributed by atoms with Crippen LogP contribution in [0.15, 0.2) is 5.11 Å². The summed E-state index contributed by atoms with van der Waals surface area (Å²) >= 11 is 0. The first kappa shape index (κ1) is 14.3. The van der Waals surface area contributed by atoms with Crippen LogP contribution in [0.4, 0.5) is 0 Å². The first-order valence-electron chi connectivity index (χ1n) is 6.19. The van der Waals surface area contributed by atoms with E-state index in [0.717, 1.165) is 45.7 Å². The molecule has 0 aliphatic carbocycles. The van der Waals surface area contributed by atoms with E-state index < -0.39 is 5.60 Å². The summed E-state index contributed by atoms with van der Waals surface area (Å²) in [5, 5.41) is 13.3. The third-order valence-electron chi connectivity index (χ3n) is 2.87. The topological polar surface area (TPSA) is 75.5 Å². The van der Waals surface area contributed by atoms with E-state index in [9.17, 15) is 5.11 Å². The molecule has 0 radical (unpaired) electrons. The molecule has 0 aromatic rings. The van der Waals surface area contributed by atoms with Gasteiger partial charge in [-0.15, -0.1) is 0 Å². The van der Waals surface area contributed by atoms with Crippen molar-refractivity contribution in [2.45, 2.75) is 25.9 Å². The second-order valence-corrected chi connectivity index (χ2v) is 5.24. The molecule has 0 atom stereocenters. The van der Waals surface area contributed by atoms with Crippen LogP contribution >= 0.6 is 0 Å². The van der Waals surface area contributed by atoms with Gasteiger partial charge in [0.25, 0.3) is 0 Å². The minimum Gasteiger partial charge on any atom is -0.389 e. The van der Waals surface area contributed by atoms with Gasteiger partial charge in [0.05, 0.1) is 5.60 Å². The number of β-amino-alcohol motifs (C(OH)–C–C–N with tert-alkyl or cyclic N) is 1. The Kier molecular flexibility index (Phi) is 5.71. The predicted molar refractivity (Wildman–Crippen MR) is 67.8 cm³/mol. The molecule has 0 unspecified atom stereocenters. The van der Waals surface area contributed by atoms with Crippen molar-refractivity contribution in [1.82, 2.24) is 9.80 Å². The van der Waals surface area contributed by atoms with Crippen LogP contribution in [-0.4, -0.2) is 66.3 Å². The Labute approximate surface area is 103 Å². The third-order valence-corrected chi connectivity index (χ3v) is 2.87. The van der Waals surface area contributed by atoms with Crippen molar-refractivity contribution in [3.63, 3.8) is 0 Å². The van der Waals surface area contributed by atoms with Crippen LogP contribution in [0.2, 0.25) is 0 Å². The normalized spacial score (nSPS) is 19.0. The Hall–Kier alpha value is -0.810.